The van der Waals surface area contributed by atoms with Crippen molar-refractivity contribution in [2.24, 2.45) is 0 Å². The maximum atomic E-state index is 13.0. The van der Waals surface area contributed by atoms with Crippen molar-refractivity contribution in [1.29, 1.82) is 0 Å². The first kappa shape index (κ1) is 21.9. The Morgan fingerprint density at radius 2 is 1.21 bits per heavy atom. The zero-order valence-corrected chi connectivity index (χ0v) is 18.9. The van der Waals surface area contributed by atoms with E-state index in [9.17, 15) is 9.59 Å². The normalized spacial score (nSPS) is 14.3. The van der Waals surface area contributed by atoms with Crippen LogP contribution in [0.3, 0.4) is 0 Å². The molecule has 0 unspecified atom stereocenters. The molecule has 1 fully saturated rings. The molecular formula is C29H27N3O2. The number of hydrogen-bond acceptors (Lipinski definition) is 3. The molecule has 4 aromatic rings. The van der Waals surface area contributed by atoms with E-state index in [1.165, 1.54) is 11.1 Å². The average molecular weight is 450 g/mol. The lowest BCUT2D eigenvalue weighted by Gasteiger charge is -2.39. The van der Waals surface area contributed by atoms with Gasteiger partial charge in [-0.05, 0) is 22.6 Å². The van der Waals surface area contributed by atoms with Gasteiger partial charge in [-0.15, -0.1) is 0 Å². The highest BCUT2D eigenvalue weighted by atomic mass is 16.2. The van der Waals surface area contributed by atoms with Crippen molar-refractivity contribution >= 4 is 28.3 Å². The zero-order chi connectivity index (χ0) is 23.3. The molecule has 5 heteroatoms. The lowest BCUT2D eigenvalue weighted by Crippen LogP contribution is -2.52. The fraction of sp³-hybridized carbons (Fsp3) is 0.172. The van der Waals surface area contributed by atoms with E-state index < -0.39 is 11.8 Å². The minimum Gasteiger partial charge on any atom is -0.332 e. The molecule has 34 heavy (non-hydrogen) atoms. The quantitative estimate of drug-likeness (QED) is 0.459. The molecule has 1 saturated heterocycles. The van der Waals surface area contributed by atoms with Crippen LogP contribution in [-0.2, 0) is 9.59 Å². The summed E-state index contributed by atoms with van der Waals surface area (Å²) in [5.41, 5.74) is 3.10. The van der Waals surface area contributed by atoms with Crippen LogP contribution in [0.2, 0.25) is 0 Å². The molecule has 0 saturated carbocycles. The van der Waals surface area contributed by atoms with Crippen molar-refractivity contribution in [3.8, 4) is 0 Å². The number of carbonyl (C=O) groups excluding carboxylic acids is 2. The predicted octanol–water partition coefficient (Wildman–Crippen LogP) is 4.71. The van der Waals surface area contributed by atoms with Crippen LogP contribution in [0.5, 0.6) is 0 Å². The van der Waals surface area contributed by atoms with Gasteiger partial charge in [0.2, 0.25) is 0 Å². The Bertz CT molecular complexity index is 1240. The molecule has 0 radical (unpaired) electrons. The van der Waals surface area contributed by atoms with Crippen molar-refractivity contribution in [2.75, 3.05) is 31.5 Å². The Balaban J connectivity index is 1.27. The fourth-order valence-electron chi connectivity index (χ4n) is 4.72. The summed E-state index contributed by atoms with van der Waals surface area (Å²) < 4.78 is 0. The second-order valence-corrected chi connectivity index (χ2v) is 8.53. The van der Waals surface area contributed by atoms with Crippen molar-refractivity contribution in [3.63, 3.8) is 0 Å². The first-order chi connectivity index (χ1) is 16.7. The number of amides is 2. The Labute approximate surface area is 199 Å². The molecule has 5 nitrogen and oxygen atoms in total. The van der Waals surface area contributed by atoms with Crippen LogP contribution in [-0.4, -0.2) is 47.8 Å². The molecule has 170 valence electrons. The van der Waals surface area contributed by atoms with Gasteiger partial charge >= 0.3 is 11.8 Å². The highest BCUT2D eigenvalue weighted by Crippen LogP contribution is 2.29. The van der Waals surface area contributed by atoms with Gasteiger partial charge in [-0.2, -0.15) is 0 Å². The van der Waals surface area contributed by atoms with E-state index in [0.29, 0.717) is 31.9 Å². The molecule has 0 bridgehead atoms. The Kier molecular flexibility index (Phi) is 6.36. The molecule has 0 aromatic heterocycles. The number of rotatable bonds is 4. The number of anilines is 1. The van der Waals surface area contributed by atoms with E-state index in [1.807, 2.05) is 54.6 Å². The topological polar surface area (TPSA) is 52.7 Å². The molecule has 5 rings (SSSR count). The number of carbonyl (C=O) groups is 2. The minimum atomic E-state index is -0.590. The number of benzene rings is 4. The molecule has 1 heterocycles. The van der Waals surface area contributed by atoms with Gasteiger partial charge in [0, 0.05) is 37.3 Å². The Morgan fingerprint density at radius 1 is 0.647 bits per heavy atom. The lowest BCUT2D eigenvalue weighted by molar-refractivity contribution is -0.144. The first-order valence-electron chi connectivity index (χ1n) is 11.6. The summed E-state index contributed by atoms with van der Waals surface area (Å²) in [6.07, 6.45) is 0. The second kappa shape index (κ2) is 9.89. The van der Waals surface area contributed by atoms with E-state index in [0.717, 1.165) is 10.8 Å². The second-order valence-electron chi connectivity index (χ2n) is 8.53. The van der Waals surface area contributed by atoms with Crippen LogP contribution >= 0.6 is 0 Å². The molecule has 0 spiro atoms. The molecule has 1 N–H and O–H groups in total. The first-order valence-corrected chi connectivity index (χ1v) is 11.6. The minimum absolute atomic E-state index is 0.115. The van der Waals surface area contributed by atoms with E-state index >= 15 is 0 Å². The maximum Gasteiger partial charge on any atom is 0.313 e. The largest absolute Gasteiger partial charge is 0.332 e. The van der Waals surface area contributed by atoms with Gasteiger partial charge in [-0.3, -0.25) is 14.5 Å². The SMILES string of the molecule is O=C(Nc1cccc2ccccc12)C(=O)N1CCN(C(c2ccccc2)c2ccccc2)CC1. The number of piperazine rings is 1. The van der Waals surface area contributed by atoms with Gasteiger partial charge in [0.25, 0.3) is 0 Å². The number of nitrogens with zero attached hydrogens (tertiary/aromatic N) is 2. The van der Waals surface area contributed by atoms with E-state index in [1.54, 1.807) is 4.90 Å². The highest BCUT2D eigenvalue weighted by molar-refractivity contribution is 6.40. The van der Waals surface area contributed by atoms with Gasteiger partial charge in [0.05, 0.1) is 6.04 Å². The van der Waals surface area contributed by atoms with Gasteiger partial charge in [0.1, 0.15) is 0 Å². The fourth-order valence-corrected chi connectivity index (χ4v) is 4.72. The molecule has 4 aromatic carbocycles. The molecule has 0 aliphatic carbocycles. The Morgan fingerprint density at radius 3 is 1.85 bits per heavy atom. The zero-order valence-electron chi connectivity index (χ0n) is 18.9. The molecule has 1 aliphatic heterocycles. The summed E-state index contributed by atoms with van der Waals surface area (Å²) in [5.74, 6) is -1.07. The predicted molar refractivity (Wildman–Crippen MR) is 135 cm³/mol. The van der Waals surface area contributed by atoms with E-state index in [-0.39, 0.29) is 6.04 Å². The molecule has 0 atom stereocenters. The van der Waals surface area contributed by atoms with Crippen LogP contribution in [0, 0.1) is 0 Å². The van der Waals surface area contributed by atoms with Gasteiger partial charge in [-0.1, -0.05) is 97.1 Å². The number of nitrogens with one attached hydrogen (secondary N) is 1. The summed E-state index contributed by atoms with van der Waals surface area (Å²) >= 11 is 0. The van der Waals surface area contributed by atoms with Crippen molar-refractivity contribution in [1.82, 2.24) is 9.80 Å². The average Bonchev–Trinajstić information content (AvgIpc) is 2.90. The van der Waals surface area contributed by atoms with Crippen LogP contribution < -0.4 is 5.32 Å². The van der Waals surface area contributed by atoms with Crippen LogP contribution in [0.25, 0.3) is 10.8 Å². The van der Waals surface area contributed by atoms with E-state index in [2.05, 4.69) is 58.7 Å². The van der Waals surface area contributed by atoms with Crippen molar-refractivity contribution in [2.45, 2.75) is 6.04 Å². The molecule has 1 aliphatic rings. The summed E-state index contributed by atoms with van der Waals surface area (Å²) in [5, 5.41) is 4.77. The third kappa shape index (κ3) is 4.56. The number of hydrogen-bond donors (Lipinski definition) is 1. The third-order valence-corrected chi connectivity index (χ3v) is 6.43. The van der Waals surface area contributed by atoms with Gasteiger partial charge in [0.15, 0.2) is 0 Å². The summed E-state index contributed by atoms with van der Waals surface area (Å²) in [4.78, 5) is 29.8. The molecule has 2 amide bonds. The van der Waals surface area contributed by atoms with Crippen LogP contribution in [0.15, 0.2) is 103 Å². The summed E-state index contributed by atoms with van der Waals surface area (Å²) in [6.45, 7) is 2.42. The monoisotopic (exact) mass is 449 g/mol. The lowest BCUT2D eigenvalue weighted by atomic mass is 9.96. The van der Waals surface area contributed by atoms with E-state index in [4.69, 9.17) is 0 Å². The van der Waals surface area contributed by atoms with Gasteiger partial charge < -0.3 is 10.2 Å². The summed E-state index contributed by atoms with van der Waals surface area (Å²) in [6, 6.07) is 34.5. The Hall–Kier alpha value is -3.96. The third-order valence-electron chi connectivity index (χ3n) is 6.43. The van der Waals surface area contributed by atoms with Crippen LogP contribution in [0.4, 0.5) is 5.69 Å². The number of fused-ring (bicyclic) bond motifs is 1. The van der Waals surface area contributed by atoms with Crippen molar-refractivity contribution in [3.05, 3.63) is 114 Å². The van der Waals surface area contributed by atoms with Gasteiger partial charge in [-0.25, -0.2) is 0 Å². The standard InChI is InChI=1S/C29H27N3O2/c33-28(30-26-17-9-15-22-10-7-8-16-25(22)26)29(34)32-20-18-31(19-21-32)27(23-11-3-1-4-12-23)24-13-5-2-6-14-24/h1-17,27H,18-21H2,(H,30,33). The maximum absolute atomic E-state index is 13.0. The van der Waals surface area contributed by atoms with Crippen molar-refractivity contribution < 1.29 is 9.59 Å². The van der Waals surface area contributed by atoms with Crippen LogP contribution in [0.1, 0.15) is 17.2 Å². The summed E-state index contributed by atoms with van der Waals surface area (Å²) in [7, 11) is 0. The molecular weight excluding hydrogens is 422 g/mol. The smallest absolute Gasteiger partial charge is 0.313 e. The highest BCUT2D eigenvalue weighted by Gasteiger charge is 2.30.